The average molecular weight is 442 g/mol. The van der Waals surface area contributed by atoms with Crippen LogP contribution in [0.15, 0.2) is 66.7 Å². The first kappa shape index (κ1) is 22.3. The zero-order valence-electron chi connectivity index (χ0n) is 19.0. The van der Waals surface area contributed by atoms with Gasteiger partial charge in [-0.05, 0) is 68.3 Å². The van der Waals surface area contributed by atoms with Crippen LogP contribution in [-0.4, -0.2) is 24.3 Å². The number of amides is 3. The average Bonchev–Trinajstić information content (AvgIpc) is 3.20. The smallest absolute Gasteiger partial charge is 0.255 e. The first-order valence-corrected chi connectivity index (χ1v) is 11.0. The zero-order chi connectivity index (χ0) is 23.5. The fourth-order valence-corrected chi connectivity index (χ4v) is 3.91. The molecule has 0 radical (unpaired) electrons. The van der Waals surface area contributed by atoms with E-state index in [0.717, 1.165) is 22.4 Å². The van der Waals surface area contributed by atoms with Gasteiger partial charge in [0.05, 0.1) is 5.92 Å². The maximum atomic E-state index is 12.8. The first-order chi connectivity index (χ1) is 15.8. The molecule has 6 heteroatoms. The number of benzene rings is 3. The molecule has 2 N–H and O–H groups in total. The molecule has 1 unspecified atom stereocenters. The van der Waals surface area contributed by atoms with Crippen LogP contribution in [0.5, 0.6) is 0 Å². The summed E-state index contributed by atoms with van der Waals surface area (Å²) >= 11 is 0. The lowest BCUT2D eigenvalue weighted by Crippen LogP contribution is -2.28. The molecule has 33 heavy (non-hydrogen) atoms. The minimum atomic E-state index is -0.456. The quantitative estimate of drug-likeness (QED) is 0.594. The third-order valence-electron chi connectivity index (χ3n) is 6.09. The molecule has 1 aliphatic heterocycles. The van der Waals surface area contributed by atoms with Crippen molar-refractivity contribution in [3.63, 3.8) is 0 Å². The van der Waals surface area contributed by atoms with Gasteiger partial charge in [0, 0.05) is 35.6 Å². The van der Waals surface area contributed by atoms with Crippen LogP contribution in [0.4, 0.5) is 17.1 Å². The Bertz CT molecular complexity index is 1220. The molecule has 4 rings (SSSR count). The molecule has 0 bridgehead atoms. The molecule has 0 saturated carbocycles. The van der Waals surface area contributed by atoms with Crippen LogP contribution in [0.25, 0.3) is 0 Å². The number of carbonyl (C=O) groups is 3. The van der Waals surface area contributed by atoms with Gasteiger partial charge >= 0.3 is 0 Å². The molecule has 1 fully saturated rings. The Morgan fingerprint density at radius 1 is 0.909 bits per heavy atom. The van der Waals surface area contributed by atoms with Crippen molar-refractivity contribution in [2.24, 2.45) is 5.92 Å². The number of nitrogens with one attached hydrogen (secondary N) is 2. The van der Waals surface area contributed by atoms with Crippen molar-refractivity contribution in [3.8, 4) is 0 Å². The van der Waals surface area contributed by atoms with Gasteiger partial charge in [-0.15, -0.1) is 0 Å². The molecule has 1 heterocycles. The second kappa shape index (κ2) is 9.28. The van der Waals surface area contributed by atoms with E-state index in [0.29, 0.717) is 16.9 Å². The summed E-state index contributed by atoms with van der Waals surface area (Å²) in [4.78, 5) is 39.8. The fraction of sp³-hybridized carbons (Fsp3) is 0.222. The topological polar surface area (TPSA) is 78.5 Å². The van der Waals surface area contributed by atoms with Gasteiger partial charge in [-0.3, -0.25) is 14.4 Å². The number of hydrogen-bond acceptors (Lipinski definition) is 3. The molecule has 168 valence electrons. The summed E-state index contributed by atoms with van der Waals surface area (Å²) in [6.45, 7) is 6.22. The summed E-state index contributed by atoms with van der Waals surface area (Å²) in [5.41, 5.74) is 5.75. The molecule has 6 nitrogen and oxygen atoms in total. The summed E-state index contributed by atoms with van der Waals surface area (Å²) in [7, 11) is 0. The highest BCUT2D eigenvalue weighted by atomic mass is 16.2. The Balaban J connectivity index is 1.45. The maximum absolute atomic E-state index is 12.8. The Hall–Kier alpha value is -3.93. The van der Waals surface area contributed by atoms with Crippen LogP contribution in [0, 0.1) is 26.7 Å². The SMILES string of the molecule is Cc1ccc(NC(=O)c2cccc(N3CC(C(=O)Nc4cccc(C)c4C)CC3=O)c2)cc1. The monoisotopic (exact) mass is 441 g/mol. The third-order valence-corrected chi connectivity index (χ3v) is 6.09. The van der Waals surface area contributed by atoms with E-state index >= 15 is 0 Å². The van der Waals surface area contributed by atoms with Crippen molar-refractivity contribution in [2.75, 3.05) is 22.1 Å². The van der Waals surface area contributed by atoms with Crippen LogP contribution in [-0.2, 0) is 9.59 Å². The summed E-state index contributed by atoms with van der Waals surface area (Å²) in [6.07, 6.45) is 0.135. The van der Waals surface area contributed by atoms with Gasteiger partial charge in [0.1, 0.15) is 0 Å². The molecule has 1 saturated heterocycles. The molecular formula is C27H27N3O3. The van der Waals surface area contributed by atoms with Crippen molar-refractivity contribution in [2.45, 2.75) is 27.2 Å². The molecule has 0 spiro atoms. The predicted molar refractivity (Wildman–Crippen MR) is 131 cm³/mol. The van der Waals surface area contributed by atoms with E-state index in [1.807, 2.05) is 63.2 Å². The van der Waals surface area contributed by atoms with Crippen molar-refractivity contribution >= 4 is 34.8 Å². The molecule has 1 atom stereocenters. The molecule has 0 aromatic heterocycles. The highest BCUT2D eigenvalue weighted by molar-refractivity contribution is 6.07. The summed E-state index contributed by atoms with van der Waals surface area (Å²) in [5, 5.41) is 5.84. The summed E-state index contributed by atoms with van der Waals surface area (Å²) in [6, 6.07) is 20.2. The third kappa shape index (κ3) is 4.95. The van der Waals surface area contributed by atoms with Crippen LogP contribution in [0.2, 0.25) is 0 Å². The van der Waals surface area contributed by atoms with Crippen molar-refractivity contribution < 1.29 is 14.4 Å². The maximum Gasteiger partial charge on any atom is 0.255 e. The molecule has 0 aliphatic carbocycles. The number of nitrogens with zero attached hydrogens (tertiary/aromatic N) is 1. The van der Waals surface area contributed by atoms with Gasteiger partial charge in [-0.1, -0.05) is 35.9 Å². The number of rotatable bonds is 5. The highest BCUT2D eigenvalue weighted by Crippen LogP contribution is 2.28. The zero-order valence-corrected chi connectivity index (χ0v) is 19.0. The van der Waals surface area contributed by atoms with Gasteiger partial charge in [0.25, 0.3) is 5.91 Å². The van der Waals surface area contributed by atoms with E-state index in [4.69, 9.17) is 0 Å². The minimum absolute atomic E-state index is 0.132. The van der Waals surface area contributed by atoms with Gasteiger partial charge in [0.15, 0.2) is 0 Å². The lowest BCUT2D eigenvalue weighted by Gasteiger charge is -2.18. The molecule has 1 aliphatic rings. The minimum Gasteiger partial charge on any atom is -0.326 e. The number of carbonyl (C=O) groups excluding carboxylic acids is 3. The lowest BCUT2D eigenvalue weighted by molar-refractivity contribution is -0.122. The lowest BCUT2D eigenvalue weighted by atomic mass is 10.1. The van der Waals surface area contributed by atoms with Crippen molar-refractivity contribution in [1.82, 2.24) is 0 Å². The molecule has 3 aromatic carbocycles. The first-order valence-electron chi connectivity index (χ1n) is 11.0. The highest BCUT2D eigenvalue weighted by Gasteiger charge is 2.35. The molecular weight excluding hydrogens is 414 g/mol. The number of aryl methyl sites for hydroxylation is 2. The normalized spacial score (nSPS) is 15.4. The van der Waals surface area contributed by atoms with E-state index in [-0.39, 0.29) is 30.7 Å². The van der Waals surface area contributed by atoms with Gasteiger partial charge < -0.3 is 15.5 Å². The number of anilines is 3. The predicted octanol–water partition coefficient (Wildman–Crippen LogP) is 4.86. The van der Waals surface area contributed by atoms with Gasteiger partial charge in [-0.25, -0.2) is 0 Å². The van der Waals surface area contributed by atoms with Crippen LogP contribution in [0.3, 0.4) is 0 Å². The number of hydrogen-bond donors (Lipinski definition) is 2. The Kier molecular flexibility index (Phi) is 6.27. The largest absolute Gasteiger partial charge is 0.326 e. The van der Waals surface area contributed by atoms with Crippen molar-refractivity contribution in [1.29, 1.82) is 0 Å². The molecule has 3 aromatic rings. The van der Waals surface area contributed by atoms with Crippen LogP contribution in [0.1, 0.15) is 33.5 Å². The standard InChI is InChI=1S/C27H27N3O3/c1-17-10-12-22(13-11-17)28-26(32)20-7-5-8-23(14-20)30-16-21(15-25(30)31)27(33)29-24-9-4-6-18(2)19(24)3/h4-14,21H,15-16H2,1-3H3,(H,28,32)(H,29,33). The second-order valence-corrected chi connectivity index (χ2v) is 8.51. The molecule has 3 amide bonds. The summed E-state index contributed by atoms with van der Waals surface area (Å²) < 4.78 is 0. The van der Waals surface area contributed by atoms with E-state index < -0.39 is 5.92 Å². The van der Waals surface area contributed by atoms with E-state index in [1.165, 1.54) is 0 Å². The second-order valence-electron chi connectivity index (χ2n) is 8.51. The van der Waals surface area contributed by atoms with Gasteiger partial charge in [0.2, 0.25) is 11.8 Å². The Labute approximate surface area is 193 Å². The van der Waals surface area contributed by atoms with Gasteiger partial charge in [-0.2, -0.15) is 0 Å². The van der Waals surface area contributed by atoms with E-state index in [1.54, 1.807) is 29.2 Å². The Morgan fingerprint density at radius 2 is 1.64 bits per heavy atom. The van der Waals surface area contributed by atoms with Crippen LogP contribution < -0.4 is 15.5 Å². The van der Waals surface area contributed by atoms with Crippen LogP contribution >= 0.6 is 0 Å². The van der Waals surface area contributed by atoms with Crippen molar-refractivity contribution in [3.05, 3.63) is 89.0 Å². The van der Waals surface area contributed by atoms with E-state index in [9.17, 15) is 14.4 Å². The Morgan fingerprint density at radius 3 is 2.39 bits per heavy atom. The summed E-state index contributed by atoms with van der Waals surface area (Å²) in [5.74, 6) is -1.01. The van der Waals surface area contributed by atoms with E-state index in [2.05, 4.69) is 10.6 Å². The fourth-order valence-electron chi connectivity index (χ4n) is 3.91.